The van der Waals surface area contributed by atoms with Crippen LogP contribution in [0.4, 0.5) is 0 Å². The number of carbonyl (C=O) groups is 1. The van der Waals surface area contributed by atoms with Crippen LogP contribution in [0.5, 0.6) is 0 Å². The molecule has 1 heteroatoms. The molecule has 0 aromatic rings. The van der Waals surface area contributed by atoms with E-state index in [-0.39, 0.29) is 0 Å². The Kier molecular flexibility index (Phi) is 3.97. The topological polar surface area (TPSA) is 17.1 Å². The Morgan fingerprint density at radius 2 is 1.87 bits per heavy atom. The molecule has 0 amide bonds. The average molecular weight is 210 g/mol. The molecule has 1 nitrogen and oxygen atoms in total. The van der Waals surface area contributed by atoms with E-state index in [2.05, 4.69) is 20.8 Å². The molecule has 1 aliphatic carbocycles. The number of Topliss-reactive ketones (excluding diaryl/α,β-unsaturated/α-hetero) is 1. The summed E-state index contributed by atoms with van der Waals surface area (Å²) in [7, 11) is 0. The Labute approximate surface area is 94.6 Å². The van der Waals surface area contributed by atoms with Crippen LogP contribution in [0.25, 0.3) is 0 Å². The molecule has 15 heavy (non-hydrogen) atoms. The highest BCUT2D eigenvalue weighted by atomic mass is 16.1. The second-order valence-electron chi connectivity index (χ2n) is 6.04. The molecule has 1 aliphatic rings. The van der Waals surface area contributed by atoms with Crippen LogP contribution in [0.3, 0.4) is 0 Å². The third-order valence-electron chi connectivity index (χ3n) is 4.74. The van der Waals surface area contributed by atoms with Crippen LogP contribution in [0.2, 0.25) is 0 Å². The fraction of sp³-hybridized carbons (Fsp3) is 0.929. The second kappa shape index (κ2) is 4.67. The van der Waals surface area contributed by atoms with E-state index >= 15 is 0 Å². The average Bonchev–Trinajstić information content (AvgIpc) is 2.41. The van der Waals surface area contributed by atoms with E-state index in [9.17, 15) is 4.79 Å². The highest BCUT2D eigenvalue weighted by molar-refractivity contribution is 5.77. The summed E-state index contributed by atoms with van der Waals surface area (Å²) in [5.41, 5.74) is 0.948. The Balaban J connectivity index is 2.40. The van der Waals surface area contributed by atoms with Gasteiger partial charge in [0.05, 0.1) is 0 Å². The van der Waals surface area contributed by atoms with Crippen molar-refractivity contribution in [1.29, 1.82) is 0 Å². The predicted octanol–water partition coefficient (Wildman–Crippen LogP) is 4.35. The SMILES string of the molecule is CCC(=O)CCCC1(C)CCCC1(C)C. The minimum Gasteiger partial charge on any atom is -0.300 e. The molecule has 0 aromatic carbocycles. The minimum atomic E-state index is 0.425. The largest absolute Gasteiger partial charge is 0.300 e. The van der Waals surface area contributed by atoms with Crippen molar-refractivity contribution in [2.24, 2.45) is 10.8 Å². The van der Waals surface area contributed by atoms with Crippen LogP contribution in [0, 0.1) is 10.8 Å². The molecule has 88 valence electrons. The van der Waals surface area contributed by atoms with Crippen molar-refractivity contribution in [3.05, 3.63) is 0 Å². The second-order valence-corrected chi connectivity index (χ2v) is 6.04. The van der Waals surface area contributed by atoms with Gasteiger partial charge in [-0.25, -0.2) is 0 Å². The van der Waals surface area contributed by atoms with E-state index < -0.39 is 0 Å². The van der Waals surface area contributed by atoms with E-state index in [0.29, 0.717) is 23.0 Å². The molecule has 0 radical (unpaired) electrons. The summed E-state index contributed by atoms with van der Waals surface area (Å²) in [6, 6.07) is 0. The molecule has 1 unspecified atom stereocenters. The maximum absolute atomic E-state index is 11.3. The summed E-state index contributed by atoms with van der Waals surface area (Å²) in [4.78, 5) is 11.3. The molecule has 1 fully saturated rings. The molecule has 1 atom stereocenters. The van der Waals surface area contributed by atoms with Crippen molar-refractivity contribution in [1.82, 2.24) is 0 Å². The number of rotatable bonds is 5. The van der Waals surface area contributed by atoms with Crippen molar-refractivity contribution in [3.63, 3.8) is 0 Å². The summed E-state index contributed by atoms with van der Waals surface area (Å²) >= 11 is 0. The van der Waals surface area contributed by atoms with Crippen molar-refractivity contribution in [2.45, 2.75) is 72.6 Å². The first-order valence-corrected chi connectivity index (χ1v) is 6.43. The lowest BCUT2D eigenvalue weighted by Crippen LogP contribution is -2.29. The van der Waals surface area contributed by atoms with Gasteiger partial charge in [0.2, 0.25) is 0 Å². The van der Waals surface area contributed by atoms with Gasteiger partial charge in [0.1, 0.15) is 5.78 Å². The summed E-state index contributed by atoms with van der Waals surface area (Å²) in [5.74, 6) is 0.425. The highest BCUT2D eigenvalue weighted by Gasteiger charge is 2.44. The van der Waals surface area contributed by atoms with Gasteiger partial charge in [0, 0.05) is 12.8 Å². The van der Waals surface area contributed by atoms with Gasteiger partial charge in [-0.15, -0.1) is 0 Å². The highest BCUT2D eigenvalue weighted by Crippen LogP contribution is 2.54. The summed E-state index contributed by atoms with van der Waals surface area (Å²) in [5, 5.41) is 0. The van der Waals surface area contributed by atoms with Gasteiger partial charge in [-0.1, -0.05) is 34.1 Å². The van der Waals surface area contributed by atoms with Crippen LogP contribution in [-0.2, 0) is 4.79 Å². The first-order chi connectivity index (χ1) is 6.91. The van der Waals surface area contributed by atoms with Gasteiger partial charge in [0.25, 0.3) is 0 Å². The van der Waals surface area contributed by atoms with Crippen LogP contribution in [-0.4, -0.2) is 5.78 Å². The van der Waals surface area contributed by atoms with E-state index in [1.165, 1.54) is 25.7 Å². The molecule has 0 aliphatic heterocycles. The van der Waals surface area contributed by atoms with Crippen molar-refractivity contribution in [3.8, 4) is 0 Å². The van der Waals surface area contributed by atoms with Crippen molar-refractivity contribution >= 4 is 5.78 Å². The molecular formula is C14H26O. The monoisotopic (exact) mass is 210 g/mol. The normalized spacial score (nSPS) is 29.3. The zero-order valence-corrected chi connectivity index (χ0v) is 10.9. The number of hydrogen-bond acceptors (Lipinski definition) is 1. The fourth-order valence-electron chi connectivity index (χ4n) is 2.88. The van der Waals surface area contributed by atoms with E-state index in [1.54, 1.807) is 0 Å². The van der Waals surface area contributed by atoms with Gasteiger partial charge in [-0.3, -0.25) is 4.79 Å². The lowest BCUT2D eigenvalue weighted by molar-refractivity contribution is -0.119. The Bertz CT molecular complexity index is 229. The van der Waals surface area contributed by atoms with Crippen molar-refractivity contribution < 1.29 is 4.79 Å². The molecule has 0 spiro atoms. The number of hydrogen-bond donors (Lipinski definition) is 0. The lowest BCUT2D eigenvalue weighted by atomic mass is 9.66. The van der Waals surface area contributed by atoms with Gasteiger partial charge in [-0.2, -0.15) is 0 Å². The maximum atomic E-state index is 11.3. The molecular weight excluding hydrogens is 184 g/mol. The summed E-state index contributed by atoms with van der Waals surface area (Å²) in [6.07, 6.45) is 7.89. The Morgan fingerprint density at radius 3 is 2.33 bits per heavy atom. The van der Waals surface area contributed by atoms with E-state index in [1.807, 2.05) is 6.92 Å². The van der Waals surface area contributed by atoms with Crippen LogP contribution in [0.15, 0.2) is 0 Å². The minimum absolute atomic E-state index is 0.425. The molecule has 1 saturated carbocycles. The molecule has 0 heterocycles. The van der Waals surface area contributed by atoms with E-state index in [0.717, 1.165) is 12.8 Å². The third-order valence-corrected chi connectivity index (χ3v) is 4.74. The van der Waals surface area contributed by atoms with E-state index in [4.69, 9.17) is 0 Å². The summed E-state index contributed by atoms with van der Waals surface area (Å²) in [6.45, 7) is 9.16. The Hall–Kier alpha value is -0.330. The number of carbonyl (C=O) groups excluding carboxylic acids is 1. The molecule has 0 saturated heterocycles. The van der Waals surface area contributed by atoms with Crippen LogP contribution in [0.1, 0.15) is 72.6 Å². The summed E-state index contributed by atoms with van der Waals surface area (Å²) < 4.78 is 0. The fourth-order valence-corrected chi connectivity index (χ4v) is 2.88. The van der Waals surface area contributed by atoms with Gasteiger partial charge in [-0.05, 0) is 36.5 Å². The smallest absolute Gasteiger partial charge is 0.132 e. The van der Waals surface area contributed by atoms with Crippen LogP contribution < -0.4 is 0 Å². The molecule has 0 bridgehead atoms. The van der Waals surface area contributed by atoms with Gasteiger partial charge < -0.3 is 0 Å². The van der Waals surface area contributed by atoms with Crippen LogP contribution >= 0.6 is 0 Å². The first kappa shape index (κ1) is 12.7. The first-order valence-electron chi connectivity index (χ1n) is 6.43. The van der Waals surface area contributed by atoms with Gasteiger partial charge >= 0.3 is 0 Å². The zero-order chi connectivity index (χ0) is 11.5. The molecule has 0 N–H and O–H groups in total. The lowest BCUT2D eigenvalue weighted by Gasteiger charge is -2.38. The maximum Gasteiger partial charge on any atom is 0.132 e. The molecule has 1 rings (SSSR count). The third kappa shape index (κ3) is 2.83. The Morgan fingerprint density at radius 1 is 1.20 bits per heavy atom. The van der Waals surface area contributed by atoms with Crippen molar-refractivity contribution in [2.75, 3.05) is 0 Å². The zero-order valence-electron chi connectivity index (χ0n) is 10.9. The standard InChI is InChI=1S/C14H26O/c1-5-12(15)8-6-10-14(4)11-7-9-13(14,2)3/h5-11H2,1-4H3. The quantitative estimate of drug-likeness (QED) is 0.659. The molecule has 0 aromatic heterocycles. The predicted molar refractivity (Wildman–Crippen MR) is 64.9 cm³/mol. The van der Waals surface area contributed by atoms with Gasteiger partial charge in [0.15, 0.2) is 0 Å². The number of ketones is 1.